The van der Waals surface area contributed by atoms with Gasteiger partial charge in [-0.2, -0.15) is 11.8 Å². The molecule has 0 aliphatic rings. The van der Waals surface area contributed by atoms with Gasteiger partial charge in [0.05, 0.1) is 6.10 Å². The molecule has 1 atom stereocenters. The third-order valence-corrected chi connectivity index (χ3v) is 1.57. The van der Waals surface area contributed by atoms with Gasteiger partial charge in [-0.3, -0.25) is 0 Å². The molecule has 0 radical (unpaired) electrons. The standard InChI is InChI=1S/C5H13NOS/c1-8-3-2-5(7)4-6/h5,7H,2-4,6H2,1H3/t5-/m1/s1. The van der Waals surface area contributed by atoms with Gasteiger partial charge in [-0.25, -0.2) is 0 Å². The molecular weight excluding hydrogens is 122 g/mol. The minimum Gasteiger partial charge on any atom is -0.392 e. The van der Waals surface area contributed by atoms with E-state index in [1.807, 2.05) is 6.26 Å². The largest absolute Gasteiger partial charge is 0.392 e. The van der Waals surface area contributed by atoms with E-state index in [-0.39, 0.29) is 6.10 Å². The fraction of sp³-hybridized carbons (Fsp3) is 1.00. The molecule has 0 aromatic heterocycles. The summed E-state index contributed by atoms with van der Waals surface area (Å²) in [5.74, 6) is 0.998. The zero-order valence-electron chi connectivity index (χ0n) is 5.13. The predicted molar refractivity (Wildman–Crippen MR) is 38.1 cm³/mol. The highest BCUT2D eigenvalue weighted by Gasteiger charge is 1.97. The first-order chi connectivity index (χ1) is 3.81. The molecule has 0 aliphatic carbocycles. The number of aliphatic hydroxyl groups excluding tert-OH is 1. The van der Waals surface area contributed by atoms with Gasteiger partial charge in [0.2, 0.25) is 0 Å². The van der Waals surface area contributed by atoms with Crippen molar-refractivity contribution in [1.29, 1.82) is 0 Å². The second-order valence-electron chi connectivity index (χ2n) is 1.67. The molecule has 0 saturated heterocycles. The molecule has 0 heterocycles. The number of rotatable bonds is 4. The van der Waals surface area contributed by atoms with Crippen molar-refractivity contribution in [2.75, 3.05) is 18.6 Å². The fourth-order valence-electron chi connectivity index (χ4n) is 0.372. The van der Waals surface area contributed by atoms with E-state index in [2.05, 4.69) is 0 Å². The molecule has 0 aromatic rings. The van der Waals surface area contributed by atoms with Gasteiger partial charge < -0.3 is 10.8 Å². The van der Waals surface area contributed by atoms with E-state index in [0.29, 0.717) is 6.54 Å². The van der Waals surface area contributed by atoms with E-state index in [9.17, 15) is 0 Å². The van der Waals surface area contributed by atoms with E-state index < -0.39 is 0 Å². The Morgan fingerprint density at radius 1 is 1.75 bits per heavy atom. The zero-order chi connectivity index (χ0) is 6.41. The molecule has 0 fully saturated rings. The van der Waals surface area contributed by atoms with E-state index in [1.165, 1.54) is 0 Å². The van der Waals surface area contributed by atoms with Crippen LogP contribution in [0.1, 0.15) is 6.42 Å². The van der Waals surface area contributed by atoms with Crippen molar-refractivity contribution in [3.63, 3.8) is 0 Å². The number of hydrogen-bond acceptors (Lipinski definition) is 3. The van der Waals surface area contributed by atoms with Crippen LogP contribution in [0, 0.1) is 0 Å². The van der Waals surface area contributed by atoms with Crippen LogP contribution in [0.25, 0.3) is 0 Å². The lowest BCUT2D eigenvalue weighted by Crippen LogP contribution is -2.19. The third-order valence-electron chi connectivity index (χ3n) is 0.927. The summed E-state index contributed by atoms with van der Waals surface area (Å²) in [7, 11) is 0. The lowest BCUT2D eigenvalue weighted by molar-refractivity contribution is 0.180. The Hall–Kier alpha value is 0.270. The Morgan fingerprint density at radius 3 is 2.75 bits per heavy atom. The van der Waals surface area contributed by atoms with Crippen LogP contribution in [0.5, 0.6) is 0 Å². The molecule has 0 bridgehead atoms. The van der Waals surface area contributed by atoms with Crippen LogP contribution >= 0.6 is 11.8 Å². The molecule has 2 nitrogen and oxygen atoms in total. The van der Waals surface area contributed by atoms with Gasteiger partial charge in [0.25, 0.3) is 0 Å². The molecule has 3 heteroatoms. The summed E-state index contributed by atoms with van der Waals surface area (Å²) in [6, 6.07) is 0. The first-order valence-electron chi connectivity index (χ1n) is 2.68. The molecule has 0 aliphatic heterocycles. The highest BCUT2D eigenvalue weighted by molar-refractivity contribution is 7.98. The fourth-order valence-corrected chi connectivity index (χ4v) is 0.880. The summed E-state index contributed by atoms with van der Waals surface area (Å²) < 4.78 is 0. The smallest absolute Gasteiger partial charge is 0.0670 e. The minimum absolute atomic E-state index is 0.289. The molecule has 0 saturated carbocycles. The average molecular weight is 135 g/mol. The second kappa shape index (κ2) is 5.41. The Kier molecular flexibility index (Phi) is 5.59. The lowest BCUT2D eigenvalue weighted by Gasteiger charge is -2.03. The average Bonchev–Trinajstić information content (AvgIpc) is 1.83. The Balaban J connectivity index is 2.86. The summed E-state index contributed by atoms with van der Waals surface area (Å²) in [6.45, 7) is 0.389. The second-order valence-corrected chi connectivity index (χ2v) is 2.66. The maximum absolute atomic E-state index is 8.85. The van der Waals surface area contributed by atoms with Crippen LogP contribution in [0.2, 0.25) is 0 Å². The van der Waals surface area contributed by atoms with Gasteiger partial charge in [0, 0.05) is 6.54 Å². The Labute approximate surface area is 54.5 Å². The van der Waals surface area contributed by atoms with Gasteiger partial charge in [0.15, 0.2) is 0 Å². The molecule has 8 heavy (non-hydrogen) atoms. The van der Waals surface area contributed by atoms with Crippen LogP contribution in [0.4, 0.5) is 0 Å². The first-order valence-corrected chi connectivity index (χ1v) is 4.07. The van der Waals surface area contributed by atoms with Gasteiger partial charge in [-0.15, -0.1) is 0 Å². The molecule has 0 spiro atoms. The van der Waals surface area contributed by atoms with Crippen molar-refractivity contribution in [1.82, 2.24) is 0 Å². The van der Waals surface area contributed by atoms with Gasteiger partial charge >= 0.3 is 0 Å². The number of aliphatic hydroxyl groups is 1. The minimum atomic E-state index is -0.289. The Morgan fingerprint density at radius 2 is 2.38 bits per heavy atom. The molecule has 3 N–H and O–H groups in total. The van der Waals surface area contributed by atoms with Crippen LogP contribution in [-0.4, -0.2) is 29.8 Å². The highest BCUT2D eigenvalue weighted by atomic mass is 32.2. The van der Waals surface area contributed by atoms with Gasteiger partial charge in [0.1, 0.15) is 0 Å². The molecule has 0 aromatic carbocycles. The quantitative estimate of drug-likeness (QED) is 0.573. The summed E-state index contributed by atoms with van der Waals surface area (Å²) in [5.41, 5.74) is 5.15. The SMILES string of the molecule is CSCC[C@@H](O)CN. The summed E-state index contributed by atoms with van der Waals surface area (Å²) in [5, 5.41) is 8.85. The van der Waals surface area contributed by atoms with Gasteiger partial charge in [-0.1, -0.05) is 0 Å². The van der Waals surface area contributed by atoms with Crippen molar-refractivity contribution in [3.8, 4) is 0 Å². The van der Waals surface area contributed by atoms with E-state index in [4.69, 9.17) is 10.8 Å². The summed E-state index contributed by atoms with van der Waals surface area (Å²) in [4.78, 5) is 0. The van der Waals surface area contributed by atoms with Crippen molar-refractivity contribution < 1.29 is 5.11 Å². The van der Waals surface area contributed by atoms with Crippen molar-refractivity contribution in [2.45, 2.75) is 12.5 Å². The predicted octanol–water partition coefficient (Wildman–Crippen LogP) is 0.0591. The number of nitrogens with two attached hydrogens (primary N) is 1. The maximum Gasteiger partial charge on any atom is 0.0670 e. The van der Waals surface area contributed by atoms with Gasteiger partial charge in [-0.05, 0) is 18.4 Å². The normalized spacial score (nSPS) is 13.9. The van der Waals surface area contributed by atoms with Crippen LogP contribution in [-0.2, 0) is 0 Å². The van der Waals surface area contributed by atoms with E-state index in [1.54, 1.807) is 11.8 Å². The van der Waals surface area contributed by atoms with Crippen molar-refractivity contribution >= 4 is 11.8 Å². The number of hydrogen-bond donors (Lipinski definition) is 2. The van der Waals surface area contributed by atoms with Crippen LogP contribution < -0.4 is 5.73 Å². The summed E-state index contributed by atoms with van der Waals surface area (Å²) in [6.07, 6.45) is 2.54. The molecule has 0 amide bonds. The van der Waals surface area contributed by atoms with Crippen molar-refractivity contribution in [3.05, 3.63) is 0 Å². The van der Waals surface area contributed by atoms with Crippen LogP contribution in [0.15, 0.2) is 0 Å². The number of thioether (sulfide) groups is 1. The third kappa shape index (κ3) is 4.43. The molecular formula is C5H13NOS. The molecule has 0 unspecified atom stereocenters. The Bertz CT molecular complexity index is 51.7. The van der Waals surface area contributed by atoms with Crippen LogP contribution in [0.3, 0.4) is 0 Å². The monoisotopic (exact) mass is 135 g/mol. The van der Waals surface area contributed by atoms with E-state index in [0.717, 1.165) is 12.2 Å². The first kappa shape index (κ1) is 8.27. The highest BCUT2D eigenvalue weighted by Crippen LogP contribution is 1.97. The zero-order valence-corrected chi connectivity index (χ0v) is 5.95. The van der Waals surface area contributed by atoms with E-state index >= 15 is 0 Å². The molecule has 0 rings (SSSR count). The summed E-state index contributed by atoms with van der Waals surface area (Å²) >= 11 is 1.73. The topological polar surface area (TPSA) is 46.2 Å². The molecule has 50 valence electrons. The lowest BCUT2D eigenvalue weighted by atomic mass is 10.3. The van der Waals surface area contributed by atoms with Crippen molar-refractivity contribution in [2.24, 2.45) is 5.73 Å². The maximum atomic E-state index is 8.85.